The molecule has 1 aliphatic heterocycles. The summed E-state index contributed by atoms with van der Waals surface area (Å²) >= 11 is 0. The maximum Gasteiger partial charge on any atom is 0.137 e. The number of rotatable bonds is 8. The third-order valence-corrected chi connectivity index (χ3v) is 10.3. The van der Waals surface area contributed by atoms with Crippen molar-refractivity contribution in [1.82, 2.24) is 10.3 Å². The molecule has 1 aromatic heterocycles. The highest BCUT2D eigenvalue weighted by Crippen LogP contribution is 2.48. The average Bonchev–Trinajstić information content (AvgIpc) is 3.23. The molecule has 2 heterocycles. The third-order valence-electron chi connectivity index (χ3n) is 10.3. The fourth-order valence-electron chi connectivity index (χ4n) is 7.68. The second kappa shape index (κ2) is 14.3. The van der Waals surface area contributed by atoms with Crippen LogP contribution in [0.25, 0.3) is 43.8 Å². The standard InChI is InChI=1S/C50H40N4/c1-35-19-23-37(24-20-35)49-43-29-27-41(53(39-13-5-3-6-14-39)47-17-9-11-31-51-47)33-45(43)46-34-42(28-30-44(46)50(49)38-25-21-36(2)22-26-38)54(40-15-7-4-8-16-40)48-18-10-12-32-52-48/h3-34,47,51H,1-2H3. The number of fused-ring (bicyclic) bond motifs is 3. The van der Waals surface area contributed by atoms with Gasteiger partial charge in [-0.25, -0.2) is 4.98 Å². The van der Waals surface area contributed by atoms with E-state index >= 15 is 0 Å². The number of nitrogens with one attached hydrogen (secondary N) is 1. The van der Waals surface area contributed by atoms with Crippen molar-refractivity contribution < 1.29 is 0 Å². The molecule has 9 rings (SSSR count). The number of dihydropyridines is 1. The van der Waals surface area contributed by atoms with Gasteiger partial charge in [0.15, 0.2) is 0 Å². The SMILES string of the molecule is Cc1ccc(-c2c(-c3ccc(C)cc3)c3ccc(N(c4ccccc4)C4C=CC=CN4)cc3c3cc(N(c4ccccc4)c4ccccn4)ccc23)cc1. The van der Waals surface area contributed by atoms with Crippen molar-refractivity contribution >= 4 is 50.1 Å². The molecule has 0 radical (unpaired) electrons. The highest BCUT2D eigenvalue weighted by atomic mass is 15.3. The van der Waals surface area contributed by atoms with E-state index in [4.69, 9.17) is 4.98 Å². The molecule has 0 aliphatic carbocycles. The normalized spacial score (nSPS) is 13.6. The summed E-state index contributed by atoms with van der Waals surface area (Å²) < 4.78 is 0. The Bertz CT molecular complexity index is 2590. The number of benzene rings is 7. The Kier molecular flexibility index (Phi) is 8.70. The number of nitrogens with zero attached hydrogens (tertiary/aromatic N) is 3. The number of anilines is 5. The van der Waals surface area contributed by atoms with Crippen LogP contribution >= 0.6 is 0 Å². The Balaban J connectivity index is 1.38. The minimum absolute atomic E-state index is 0.0576. The first-order valence-corrected chi connectivity index (χ1v) is 18.5. The van der Waals surface area contributed by atoms with E-state index in [2.05, 4.69) is 193 Å². The number of para-hydroxylation sites is 2. The number of aromatic nitrogens is 1. The van der Waals surface area contributed by atoms with Gasteiger partial charge in [0, 0.05) is 28.9 Å². The summed E-state index contributed by atoms with van der Waals surface area (Å²) in [5.74, 6) is 0.863. The summed E-state index contributed by atoms with van der Waals surface area (Å²) in [6.45, 7) is 4.30. The van der Waals surface area contributed by atoms with Gasteiger partial charge in [-0.2, -0.15) is 0 Å². The molecule has 0 saturated heterocycles. The molecule has 1 atom stereocenters. The quantitative estimate of drug-likeness (QED) is 0.160. The molecule has 0 saturated carbocycles. The van der Waals surface area contributed by atoms with E-state index < -0.39 is 0 Å². The van der Waals surface area contributed by atoms with Crippen LogP contribution in [0.1, 0.15) is 11.1 Å². The van der Waals surface area contributed by atoms with E-state index in [1.807, 2.05) is 30.6 Å². The van der Waals surface area contributed by atoms with E-state index in [1.165, 1.54) is 54.9 Å². The van der Waals surface area contributed by atoms with Gasteiger partial charge >= 0.3 is 0 Å². The smallest absolute Gasteiger partial charge is 0.137 e. The second-order valence-electron chi connectivity index (χ2n) is 13.9. The van der Waals surface area contributed by atoms with Crippen LogP contribution in [-0.4, -0.2) is 11.1 Å². The summed E-state index contributed by atoms with van der Waals surface area (Å²) in [5, 5.41) is 8.34. The van der Waals surface area contributed by atoms with Crippen LogP contribution < -0.4 is 15.1 Å². The van der Waals surface area contributed by atoms with Crippen molar-refractivity contribution in [2.24, 2.45) is 0 Å². The van der Waals surface area contributed by atoms with Gasteiger partial charge in [0.1, 0.15) is 12.0 Å². The zero-order chi connectivity index (χ0) is 36.4. The van der Waals surface area contributed by atoms with Crippen LogP contribution in [0.2, 0.25) is 0 Å². The Morgan fingerprint density at radius 3 is 1.59 bits per heavy atom. The highest BCUT2D eigenvalue weighted by Gasteiger charge is 2.24. The summed E-state index contributed by atoms with van der Waals surface area (Å²) in [6.07, 6.45) is 10.2. The lowest BCUT2D eigenvalue weighted by Gasteiger charge is -2.33. The van der Waals surface area contributed by atoms with Crippen molar-refractivity contribution in [2.75, 3.05) is 9.80 Å². The van der Waals surface area contributed by atoms with Crippen LogP contribution in [0.5, 0.6) is 0 Å². The van der Waals surface area contributed by atoms with Gasteiger partial charge < -0.3 is 10.2 Å². The van der Waals surface area contributed by atoms with Gasteiger partial charge in [-0.15, -0.1) is 0 Å². The zero-order valence-electron chi connectivity index (χ0n) is 30.4. The monoisotopic (exact) mass is 696 g/mol. The number of hydrogen-bond donors (Lipinski definition) is 1. The van der Waals surface area contributed by atoms with Crippen LogP contribution in [0.15, 0.2) is 194 Å². The predicted octanol–water partition coefficient (Wildman–Crippen LogP) is 12.9. The molecule has 4 heteroatoms. The van der Waals surface area contributed by atoms with Crippen LogP contribution in [-0.2, 0) is 0 Å². The van der Waals surface area contributed by atoms with Crippen molar-refractivity contribution in [3.8, 4) is 22.3 Å². The molecule has 1 aliphatic rings. The molecule has 7 aromatic carbocycles. The molecular formula is C50H40N4. The molecule has 8 aromatic rings. The minimum atomic E-state index is -0.0576. The first-order chi connectivity index (χ1) is 26.6. The maximum atomic E-state index is 4.83. The van der Waals surface area contributed by atoms with Gasteiger partial charge in [0.2, 0.25) is 0 Å². The molecule has 54 heavy (non-hydrogen) atoms. The van der Waals surface area contributed by atoms with Crippen LogP contribution in [0.4, 0.5) is 28.6 Å². The van der Waals surface area contributed by atoms with Gasteiger partial charge in [-0.3, -0.25) is 4.90 Å². The molecule has 0 spiro atoms. The topological polar surface area (TPSA) is 31.4 Å². The van der Waals surface area contributed by atoms with Crippen molar-refractivity contribution in [2.45, 2.75) is 20.0 Å². The fourth-order valence-corrected chi connectivity index (χ4v) is 7.68. The number of pyridine rings is 1. The van der Waals surface area contributed by atoms with Gasteiger partial charge in [0.25, 0.3) is 0 Å². The van der Waals surface area contributed by atoms with Crippen LogP contribution in [0, 0.1) is 13.8 Å². The fraction of sp³-hybridized carbons (Fsp3) is 0.0600. The summed E-state index contributed by atoms with van der Waals surface area (Å²) in [7, 11) is 0. The summed E-state index contributed by atoms with van der Waals surface area (Å²) in [5.41, 5.74) is 11.6. The lowest BCUT2D eigenvalue weighted by molar-refractivity contribution is 0.701. The van der Waals surface area contributed by atoms with Crippen molar-refractivity contribution in [1.29, 1.82) is 0 Å². The van der Waals surface area contributed by atoms with Gasteiger partial charge in [0.05, 0.1) is 0 Å². The van der Waals surface area contributed by atoms with E-state index in [9.17, 15) is 0 Å². The summed E-state index contributed by atoms with van der Waals surface area (Å²) in [4.78, 5) is 9.45. The first-order valence-electron chi connectivity index (χ1n) is 18.5. The summed E-state index contributed by atoms with van der Waals surface area (Å²) in [6, 6.07) is 59.1. The number of hydrogen-bond acceptors (Lipinski definition) is 4. The van der Waals surface area contributed by atoms with Crippen molar-refractivity contribution in [3.05, 3.63) is 206 Å². The molecular weight excluding hydrogens is 657 g/mol. The Labute approximate surface area is 317 Å². The lowest BCUT2D eigenvalue weighted by atomic mass is 9.84. The lowest BCUT2D eigenvalue weighted by Crippen LogP contribution is -2.40. The molecule has 0 fully saturated rings. The maximum absolute atomic E-state index is 4.83. The largest absolute Gasteiger partial charge is 0.368 e. The molecule has 260 valence electrons. The third kappa shape index (κ3) is 6.18. The molecule has 0 bridgehead atoms. The number of aryl methyl sites for hydroxylation is 2. The van der Waals surface area contributed by atoms with E-state index in [-0.39, 0.29) is 6.17 Å². The Morgan fingerprint density at radius 2 is 1.04 bits per heavy atom. The highest BCUT2D eigenvalue weighted by molar-refractivity contribution is 6.23. The number of allylic oxidation sites excluding steroid dienone is 2. The zero-order valence-corrected chi connectivity index (χ0v) is 30.4. The minimum Gasteiger partial charge on any atom is -0.368 e. The van der Waals surface area contributed by atoms with Gasteiger partial charge in [-0.1, -0.05) is 120 Å². The Morgan fingerprint density at radius 1 is 0.481 bits per heavy atom. The first kappa shape index (κ1) is 33.0. The average molecular weight is 697 g/mol. The molecule has 1 N–H and O–H groups in total. The molecule has 1 unspecified atom stereocenters. The Hall–Kier alpha value is -6.91. The van der Waals surface area contributed by atoms with Crippen molar-refractivity contribution in [3.63, 3.8) is 0 Å². The van der Waals surface area contributed by atoms with Gasteiger partial charge in [-0.05, 0) is 137 Å². The van der Waals surface area contributed by atoms with E-state index in [0.717, 1.165) is 28.6 Å². The van der Waals surface area contributed by atoms with Crippen LogP contribution in [0.3, 0.4) is 0 Å². The predicted molar refractivity (Wildman–Crippen MR) is 228 cm³/mol. The molecule has 4 nitrogen and oxygen atoms in total. The second-order valence-corrected chi connectivity index (χ2v) is 13.9. The van der Waals surface area contributed by atoms with E-state index in [0.29, 0.717) is 0 Å². The molecule has 0 amide bonds. The van der Waals surface area contributed by atoms with E-state index in [1.54, 1.807) is 0 Å².